The first-order chi connectivity index (χ1) is 11.9. The van der Waals surface area contributed by atoms with Crippen molar-refractivity contribution in [3.05, 3.63) is 47.0 Å². The third kappa shape index (κ3) is 3.34. The molecule has 0 aromatic heterocycles. The van der Waals surface area contributed by atoms with Crippen molar-refractivity contribution < 1.29 is 17.9 Å². The van der Waals surface area contributed by atoms with Crippen LogP contribution in [0.5, 0.6) is 11.5 Å². The van der Waals surface area contributed by atoms with E-state index in [0.29, 0.717) is 22.7 Å². The molecule has 2 aliphatic rings. The lowest BCUT2D eigenvalue weighted by Gasteiger charge is -2.26. The van der Waals surface area contributed by atoms with Gasteiger partial charge in [-0.25, -0.2) is 13.1 Å². The zero-order valence-corrected chi connectivity index (χ0v) is 16.0. The van der Waals surface area contributed by atoms with Crippen LogP contribution in [0.4, 0.5) is 5.69 Å². The predicted octanol–water partition coefficient (Wildman–Crippen LogP) is 3.08. The number of rotatable bonds is 3. The molecular weight excluding hydrogens is 376 g/mol. The number of nitrogens with two attached hydrogens (primary N) is 1. The Morgan fingerprint density at radius 3 is 2.65 bits per heavy atom. The second kappa shape index (κ2) is 6.98. The zero-order chi connectivity index (χ0) is 17.6. The van der Waals surface area contributed by atoms with Crippen LogP contribution < -0.4 is 19.9 Å². The van der Waals surface area contributed by atoms with Crippen LogP contribution in [0.2, 0.25) is 0 Å². The Kier molecular flexibility index (Phi) is 5.05. The van der Waals surface area contributed by atoms with E-state index in [1.807, 2.05) is 18.2 Å². The summed E-state index contributed by atoms with van der Waals surface area (Å²) in [6, 6.07) is 8.65. The molecule has 3 N–H and O–H groups in total. The van der Waals surface area contributed by atoms with Gasteiger partial charge in [0, 0.05) is 17.8 Å². The van der Waals surface area contributed by atoms with Crippen molar-refractivity contribution in [1.29, 1.82) is 0 Å². The molecule has 0 fully saturated rings. The summed E-state index contributed by atoms with van der Waals surface area (Å²) in [4.78, 5) is 0.222. The summed E-state index contributed by atoms with van der Waals surface area (Å²) < 4.78 is 39.4. The lowest BCUT2D eigenvalue weighted by Crippen LogP contribution is -2.31. The Labute approximate surface area is 159 Å². The van der Waals surface area contributed by atoms with Crippen LogP contribution >= 0.6 is 12.4 Å². The van der Waals surface area contributed by atoms with Gasteiger partial charge in [-0.2, -0.15) is 0 Å². The van der Waals surface area contributed by atoms with Crippen LogP contribution in [0.25, 0.3) is 0 Å². The Morgan fingerprint density at radius 1 is 1.15 bits per heavy atom. The number of benzene rings is 2. The number of nitrogen functional groups attached to an aromatic ring is 1. The van der Waals surface area contributed by atoms with E-state index in [2.05, 4.69) is 4.72 Å². The molecular formula is C18H21ClN2O4S. The molecule has 1 aliphatic heterocycles. The molecule has 26 heavy (non-hydrogen) atoms. The highest BCUT2D eigenvalue weighted by atomic mass is 35.5. The molecule has 0 amide bonds. The zero-order valence-electron chi connectivity index (χ0n) is 14.3. The minimum absolute atomic E-state index is 0. The van der Waals surface area contributed by atoms with Crippen molar-refractivity contribution >= 4 is 28.1 Å². The average Bonchev–Trinajstić information content (AvgIpc) is 3.00. The lowest BCUT2D eigenvalue weighted by molar-refractivity contribution is 0.174. The standard InChI is InChI=1S/C18H20N2O4S.ClH/c1-11-7-16-17(24-10-23-16)9-18(11)25(21,22)20-15-4-2-3-12-8-13(19)5-6-14(12)15;/h5-9,15,20H,2-4,10,19H2,1H3;1H. The molecule has 1 unspecified atom stereocenters. The molecule has 1 heterocycles. The Morgan fingerprint density at radius 2 is 1.88 bits per heavy atom. The molecule has 4 rings (SSSR count). The van der Waals surface area contributed by atoms with Gasteiger partial charge < -0.3 is 15.2 Å². The maximum atomic E-state index is 13.0. The number of hydrogen-bond donors (Lipinski definition) is 2. The molecule has 1 atom stereocenters. The van der Waals surface area contributed by atoms with Crippen molar-refractivity contribution in [2.45, 2.75) is 37.1 Å². The predicted molar refractivity (Wildman–Crippen MR) is 101 cm³/mol. The van der Waals surface area contributed by atoms with Gasteiger partial charge in [0.05, 0.1) is 4.90 Å². The van der Waals surface area contributed by atoms with E-state index in [1.165, 1.54) is 6.07 Å². The second-order valence-electron chi connectivity index (χ2n) is 6.50. The van der Waals surface area contributed by atoms with E-state index < -0.39 is 10.0 Å². The number of ether oxygens (including phenoxy) is 2. The van der Waals surface area contributed by atoms with E-state index in [9.17, 15) is 8.42 Å². The fraction of sp³-hybridized carbons (Fsp3) is 0.333. The summed E-state index contributed by atoms with van der Waals surface area (Å²) in [6.07, 6.45) is 2.60. The summed E-state index contributed by atoms with van der Waals surface area (Å²) in [6.45, 7) is 1.87. The number of anilines is 1. The quantitative estimate of drug-likeness (QED) is 0.778. The maximum Gasteiger partial charge on any atom is 0.241 e. The smallest absolute Gasteiger partial charge is 0.241 e. The second-order valence-corrected chi connectivity index (χ2v) is 8.18. The van der Waals surface area contributed by atoms with E-state index in [-0.39, 0.29) is 30.1 Å². The van der Waals surface area contributed by atoms with Crippen molar-refractivity contribution in [2.24, 2.45) is 0 Å². The Balaban J connectivity index is 0.00000196. The van der Waals surface area contributed by atoms with E-state index in [1.54, 1.807) is 13.0 Å². The summed E-state index contributed by atoms with van der Waals surface area (Å²) in [7, 11) is -3.68. The SMILES string of the molecule is Cc1cc2c(cc1S(=O)(=O)NC1CCCc3cc(N)ccc31)OCO2.Cl. The highest BCUT2D eigenvalue weighted by molar-refractivity contribution is 7.89. The average molecular weight is 397 g/mol. The van der Waals surface area contributed by atoms with Gasteiger partial charge in [0.25, 0.3) is 0 Å². The molecule has 0 bridgehead atoms. The molecule has 6 nitrogen and oxygen atoms in total. The Bertz CT molecular complexity index is 946. The van der Waals surface area contributed by atoms with Crippen molar-refractivity contribution in [1.82, 2.24) is 4.72 Å². The monoisotopic (exact) mass is 396 g/mol. The third-order valence-corrected chi connectivity index (χ3v) is 6.35. The molecule has 8 heteroatoms. The molecule has 140 valence electrons. The number of nitrogens with one attached hydrogen (secondary N) is 1. The lowest BCUT2D eigenvalue weighted by atomic mass is 9.88. The van der Waals surface area contributed by atoms with Gasteiger partial charge >= 0.3 is 0 Å². The summed E-state index contributed by atoms with van der Waals surface area (Å²) in [5.41, 5.74) is 9.30. The fourth-order valence-electron chi connectivity index (χ4n) is 3.52. The van der Waals surface area contributed by atoms with Gasteiger partial charge in [-0.15, -0.1) is 12.4 Å². The van der Waals surface area contributed by atoms with Crippen LogP contribution in [-0.2, 0) is 16.4 Å². The van der Waals surface area contributed by atoms with Crippen molar-refractivity contribution in [2.75, 3.05) is 12.5 Å². The maximum absolute atomic E-state index is 13.0. The molecule has 0 radical (unpaired) electrons. The highest BCUT2D eigenvalue weighted by Gasteiger charge is 2.28. The molecule has 0 spiro atoms. The Hall–Kier alpha value is -1.96. The van der Waals surface area contributed by atoms with Crippen LogP contribution in [0.15, 0.2) is 35.2 Å². The van der Waals surface area contributed by atoms with E-state index >= 15 is 0 Å². The normalized spacial score (nSPS) is 18.1. The van der Waals surface area contributed by atoms with Gasteiger partial charge in [0.2, 0.25) is 16.8 Å². The van der Waals surface area contributed by atoms with Gasteiger partial charge in [-0.05, 0) is 61.1 Å². The number of fused-ring (bicyclic) bond motifs is 2. The van der Waals surface area contributed by atoms with Gasteiger partial charge in [-0.1, -0.05) is 6.07 Å². The van der Waals surface area contributed by atoms with Crippen molar-refractivity contribution in [3.63, 3.8) is 0 Å². The van der Waals surface area contributed by atoms with Crippen molar-refractivity contribution in [3.8, 4) is 11.5 Å². The highest BCUT2D eigenvalue weighted by Crippen LogP contribution is 2.37. The minimum atomic E-state index is -3.68. The van der Waals surface area contributed by atoms with E-state index in [4.69, 9.17) is 15.2 Å². The summed E-state index contributed by atoms with van der Waals surface area (Å²) >= 11 is 0. The number of hydrogen-bond acceptors (Lipinski definition) is 5. The minimum Gasteiger partial charge on any atom is -0.454 e. The summed E-state index contributed by atoms with van der Waals surface area (Å²) in [5, 5.41) is 0. The molecule has 0 saturated carbocycles. The first-order valence-corrected chi connectivity index (χ1v) is 9.73. The van der Waals surface area contributed by atoms with Gasteiger partial charge in [-0.3, -0.25) is 0 Å². The van der Waals surface area contributed by atoms with Crippen LogP contribution in [0.1, 0.15) is 35.6 Å². The number of aryl methyl sites for hydroxylation is 2. The first-order valence-electron chi connectivity index (χ1n) is 8.25. The van der Waals surface area contributed by atoms with Crippen LogP contribution in [0, 0.1) is 6.92 Å². The summed E-state index contributed by atoms with van der Waals surface area (Å²) in [5.74, 6) is 1.04. The fourth-order valence-corrected chi connectivity index (χ4v) is 5.01. The molecule has 2 aromatic carbocycles. The first kappa shape index (κ1) is 18.8. The van der Waals surface area contributed by atoms with Gasteiger partial charge in [0.1, 0.15) is 0 Å². The third-order valence-electron chi connectivity index (χ3n) is 4.74. The largest absolute Gasteiger partial charge is 0.454 e. The van der Waals surface area contributed by atoms with Crippen LogP contribution in [-0.4, -0.2) is 15.2 Å². The topological polar surface area (TPSA) is 90.7 Å². The molecule has 0 saturated heterocycles. The molecule has 1 aliphatic carbocycles. The van der Waals surface area contributed by atoms with Gasteiger partial charge in [0.15, 0.2) is 11.5 Å². The van der Waals surface area contributed by atoms with E-state index in [0.717, 1.165) is 30.4 Å². The number of halogens is 1. The molecule has 2 aromatic rings. The number of sulfonamides is 1. The van der Waals surface area contributed by atoms with Crippen LogP contribution in [0.3, 0.4) is 0 Å².